The normalized spacial score (nSPS) is 13.0. The lowest BCUT2D eigenvalue weighted by Crippen LogP contribution is -2.22. The fourth-order valence-corrected chi connectivity index (χ4v) is 3.60. The molecule has 0 radical (unpaired) electrons. The molecule has 1 aromatic carbocycles. The highest BCUT2D eigenvalue weighted by molar-refractivity contribution is 5.99. The van der Waals surface area contributed by atoms with Gasteiger partial charge in [0.2, 0.25) is 17.7 Å². The van der Waals surface area contributed by atoms with Gasteiger partial charge >= 0.3 is 5.69 Å². The molecule has 2 N–H and O–H groups in total. The van der Waals surface area contributed by atoms with E-state index in [-0.39, 0.29) is 17.6 Å². The van der Waals surface area contributed by atoms with Crippen LogP contribution in [0.25, 0.3) is 16.9 Å². The van der Waals surface area contributed by atoms with E-state index in [1.54, 1.807) is 60.5 Å². The molecule has 1 amide bonds. The summed E-state index contributed by atoms with van der Waals surface area (Å²) in [6.07, 6.45) is 6.33. The van der Waals surface area contributed by atoms with Gasteiger partial charge in [0.25, 0.3) is 0 Å². The Bertz CT molecular complexity index is 1420. The zero-order chi connectivity index (χ0) is 22.9. The highest BCUT2D eigenvalue weighted by Crippen LogP contribution is 2.36. The van der Waals surface area contributed by atoms with Gasteiger partial charge in [0.15, 0.2) is 5.65 Å². The second-order valence-electron chi connectivity index (χ2n) is 7.58. The standard InChI is InChI=1S/C23H21N7O3/c1-3-19(31)26-14-5-4-6-17(11-14)30-21-18(29(23(30)32)16-8-9-16)13-25-22(28-21)27-15-7-10-20(33-2)24-12-15/h3-7,10-13,16H,1,8-9H2,2H3,(H,26,31)(H,25,27,28). The van der Waals surface area contributed by atoms with Crippen molar-refractivity contribution in [3.63, 3.8) is 0 Å². The van der Waals surface area contributed by atoms with E-state index in [1.165, 1.54) is 10.6 Å². The first-order valence-electron chi connectivity index (χ1n) is 10.4. The first-order chi connectivity index (χ1) is 16.1. The van der Waals surface area contributed by atoms with Crippen molar-refractivity contribution in [1.82, 2.24) is 24.1 Å². The minimum absolute atomic E-state index is 0.137. The lowest BCUT2D eigenvalue weighted by Gasteiger charge is -2.08. The molecule has 0 bridgehead atoms. The number of hydrogen-bond donors (Lipinski definition) is 2. The molecule has 33 heavy (non-hydrogen) atoms. The van der Waals surface area contributed by atoms with Gasteiger partial charge in [-0.2, -0.15) is 4.98 Å². The third-order valence-electron chi connectivity index (χ3n) is 5.29. The Morgan fingerprint density at radius 3 is 2.73 bits per heavy atom. The summed E-state index contributed by atoms with van der Waals surface area (Å²) in [6.45, 7) is 3.47. The monoisotopic (exact) mass is 443 g/mol. The van der Waals surface area contributed by atoms with Gasteiger partial charge in [-0.25, -0.2) is 19.3 Å². The van der Waals surface area contributed by atoms with E-state index in [1.807, 2.05) is 0 Å². The van der Waals surface area contributed by atoms with Gasteiger partial charge in [0, 0.05) is 17.8 Å². The van der Waals surface area contributed by atoms with Crippen LogP contribution < -0.4 is 21.1 Å². The number of ether oxygens (including phenoxy) is 1. The molecule has 1 saturated carbocycles. The number of pyridine rings is 1. The van der Waals surface area contributed by atoms with Crippen molar-refractivity contribution in [3.05, 3.63) is 71.9 Å². The lowest BCUT2D eigenvalue weighted by atomic mass is 10.2. The van der Waals surface area contributed by atoms with Crippen LogP contribution >= 0.6 is 0 Å². The quantitative estimate of drug-likeness (QED) is 0.421. The number of aromatic nitrogens is 5. The van der Waals surface area contributed by atoms with Crippen molar-refractivity contribution in [2.24, 2.45) is 0 Å². The number of carbonyl (C=O) groups is 1. The fraction of sp³-hybridized carbons (Fsp3) is 0.174. The van der Waals surface area contributed by atoms with Gasteiger partial charge in [-0.1, -0.05) is 12.6 Å². The number of nitrogens with zero attached hydrogens (tertiary/aromatic N) is 5. The van der Waals surface area contributed by atoms with Crippen LogP contribution in [-0.4, -0.2) is 37.1 Å². The third kappa shape index (κ3) is 3.93. The molecule has 10 heteroatoms. The molecule has 5 rings (SSSR count). The number of benzene rings is 1. The molecular formula is C23H21N7O3. The first-order valence-corrected chi connectivity index (χ1v) is 10.4. The number of methoxy groups -OCH3 is 1. The molecular weight excluding hydrogens is 422 g/mol. The van der Waals surface area contributed by atoms with Gasteiger partial charge in [-0.3, -0.25) is 9.36 Å². The SMILES string of the molecule is C=CC(=O)Nc1cccc(-n2c(=O)n(C3CC3)c3cnc(Nc4ccc(OC)nc4)nc32)c1. The first kappa shape index (κ1) is 20.4. The Hall–Kier alpha value is -4.47. The summed E-state index contributed by atoms with van der Waals surface area (Å²) >= 11 is 0. The summed E-state index contributed by atoms with van der Waals surface area (Å²) in [5, 5.41) is 5.83. The fourth-order valence-electron chi connectivity index (χ4n) is 3.60. The van der Waals surface area contributed by atoms with Crippen LogP contribution in [0.5, 0.6) is 5.88 Å². The lowest BCUT2D eigenvalue weighted by molar-refractivity contribution is -0.111. The maximum Gasteiger partial charge on any atom is 0.335 e. The summed E-state index contributed by atoms with van der Waals surface area (Å²) in [5.74, 6) is 0.491. The van der Waals surface area contributed by atoms with Crippen LogP contribution in [0.3, 0.4) is 0 Å². The van der Waals surface area contributed by atoms with Gasteiger partial charge in [0.1, 0.15) is 5.52 Å². The zero-order valence-electron chi connectivity index (χ0n) is 17.9. The number of anilines is 3. The summed E-state index contributed by atoms with van der Waals surface area (Å²) in [5.41, 5.74) is 2.74. The van der Waals surface area contributed by atoms with E-state index in [0.717, 1.165) is 12.8 Å². The Morgan fingerprint density at radius 2 is 2.03 bits per heavy atom. The number of rotatable bonds is 7. The van der Waals surface area contributed by atoms with Gasteiger partial charge in [-0.15, -0.1) is 0 Å². The van der Waals surface area contributed by atoms with E-state index < -0.39 is 0 Å². The Morgan fingerprint density at radius 1 is 1.18 bits per heavy atom. The number of amides is 1. The molecule has 166 valence electrons. The number of nitrogens with one attached hydrogen (secondary N) is 2. The highest BCUT2D eigenvalue weighted by Gasteiger charge is 2.30. The average molecular weight is 443 g/mol. The Balaban J connectivity index is 1.60. The minimum Gasteiger partial charge on any atom is -0.481 e. The molecule has 0 aliphatic heterocycles. The second kappa shape index (κ2) is 8.23. The highest BCUT2D eigenvalue weighted by atomic mass is 16.5. The molecule has 1 aliphatic carbocycles. The molecule has 0 atom stereocenters. The van der Waals surface area contributed by atoms with Crippen molar-refractivity contribution in [2.75, 3.05) is 17.7 Å². The average Bonchev–Trinajstić information content (AvgIpc) is 3.62. The van der Waals surface area contributed by atoms with Crippen molar-refractivity contribution >= 4 is 34.4 Å². The zero-order valence-corrected chi connectivity index (χ0v) is 17.9. The predicted octanol–water partition coefficient (Wildman–Crippen LogP) is 3.19. The maximum absolute atomic E-state index is 13.4. The van der Waals surface area contributed by atoms with Crippen LogP contribution in [0.4, 0.5) is 17.3 Å². The van der Waals surface area contributed by atoms with Gasteiger partial charge in [0.05, 0.1) is 30.9 Å². The molecule has 0 saturated heterocycles. The van der Waals surface area contributed by atoms with Crippen LogP contribution in [0.1, 0.15) is 18.9 Å². The molecule has 1 fully saturated rings. The third-order valence-corrected chi connectivity index (χ3v) is 5.29. The van der Waals surface area contributed by atoms with E-state index in [9.17, 15) is 9.59 Å². The summed E-state index contributed by atoms with van der Waals surface area (Å²) < 4.78 is 8.36. The second-order valence-corrected chi connectivity index (χ2v) is 7.58. The van der Waals surface area contributed by atoms with Gasteiger partial charge in [-0.05, 0) is 43.2 Å². The molecule has 3 heterocycles. The number of carbonyl (C=O) groups excluding carboxylic acids is 1. The van der Waals surface area contributed by atoms with Crippen LogP contribution in [0.2, 0.25) is 0 Å². The van der Waals surface area contributed by atoms with E-state index in [2.05, 4.69) is 32.2 Å². The van der Waals surface area contributed by atoms with Crippen molar-refractivity contribution < 1.29 is 9.53 Å². The van der Waals surface area contributed by atoms with E-state index in [0.29, 0.717) is 40.1 Å². The summed E-state index contributed by atoms with van der Waals surface area (Å²) in [6, 6.07) is 10.7. The van der Waals surface area contributed by atoms with Crippen LogP contribution in [0.15, 0.2) is 66.2 Å². The van der Waals surface area contributed by atoms with Crippen molar-refractivity contribution in [1.29, 1.82) is 0 Å². The molecule has 4 aromatic rings. The van der Waals surface area contributed by atoms with Gasteiger partial charge < -0.3 is 15.4 Å². The Kier molecular flexibility index (Phi) is 5.09. The summed E-state index contributed by atoms with van der Waals surface area (Å²) in [4.78, 5) is 38.4. The Labute approximate surface area is 188 Å². The molecule has 0 spiro atoms. The number of hydrogen-bond acceptors (Lipinski definition) is 7. The molecule has 0 unspecified atom stereocenters. The van der Waals surface area contributed by atoms with E-state index in [4.69, 9.17) is 4.74 Å². The number of fused-ring (bicyclic) bond motifs is 1. The van der Waals surface area contributed by atoms with E-state index >= 15 is 0 Å². The molecule has 10 nitrogen and oxygen atoms in total. The maximum atomic E-state index is 13.4. The smallest absolute Gasteiger partial charge is 0.335 e. The predicted molar refractivity (Wildman–Crippen MR) is 124 cm³/mol. The largest absolute Gasteiger partial charge is 0.481 e. The topological polar surface area (TPSA) is 116 Å². The van der Waals surface area contributed by atoms with Crippen molar-refractivity contribution in [2.45, 2.75) is 18.9 Å². The van der Waals surface area contributed by atoms with Crippen LogP contribution in [0, 0.1) is 0 Å². The number of imidazole rings is 1. The summed E-state index contributed by atoms with van der Waals surface area (Å²) in [7, 11) is 1.55. The van der Waals surface area contributed by atoms with Crippen molar-refractivity contribution in [3.8, 4) is 11.6 Å². The minimum atomic E-state index is -0.332. The molecule has 1 aliphatic rings. The molecule has 3 aromatic heterocycles. The van der Waals surface area contributed by atoms with Crippen LogP contribution in [-0.2, 0) is 4.79 Å².